The maximum atomic E-state index is 2.25. The minimum absolute atomic E-state index is 0.253. The fourth-order valence-corrected chi connectivity index (χ4v) is 1.43. The molecule has 0 nitrogen and oxygen atoms in total. The second-order valence-electron chi connectivity index (χ2n) is 4.13. The average molecular weight is 161 g/mol. The molecule has 1 aromatic rings. The Morgan fingerprint density at radius 1 is 1.08 bits per heavy atom. The molecule has 0 amide bonds. The van der Waals surface area contributed by atoms with E-state index in [2.05, 4.69) is 58.4 Å². The van der Waals surface area contributed by atoms with E-state index in [0.29, 0.717) is 0 Å². The van der Waals surface area contributed by atoms with Crippen molar-refractivity contribution in [2.75, 3.05) is 0 Å². The van der Waals surface area contributed by atoms with Gasteiger partial charge in [-0.2, -0.15) is 0 Å². The zero-order valence-electron chi connectivity index (χ0n) is 8.39. The van der Waals surface area contributed by atoms with Crippen molar-refractivity contribution in [3.8, 4) is 0 Å². The van der Waals surface area contributed by atoms with Crippen molar-refractivity contribution in [1.82, 2.24) is 0 Å². The molecule has 0 heteroatoms. The van der Waals surface area contributed by atoms with Gasteiger partial charge >= 0.3 is 0 Å². The van der Waals surface area contributed by atoms with Crippen LogP contribution in [0.3, 0.4) is 0 Å². The molecular formula is C12H17. The van der Waals surface area contributed by atoms with Crippen LogP contribution in [0.5, 0.6) is 0 Å². The van der Waals surface area contributed by atoms with Gasteiger partial charge in [0.15, 0.2) is 0 Å². The standard InChI is InChI=1S/C12H17/c1-5-10-8-6-7-9-11(10)12(2,3)4/h5-9H,1-4H3. The second-order valence-corrected chi connectivity index (χ2v) is 4.13. The van der Waals surface area contributed by atoms with Crippen LogP contribution in [0.25, 0.3) is 0 Å². The molecular weight excluding hydrogens is 144 g/mol. The highest BCUT2D eigenvalue weighted by Crippen LogP contribution is 2.26. The lowest BCUT2D eigenvalue weighted by Gasteiger charge is -2.22. The first-order valence-electron chi connectivity index (χ1n) is 4.44. The van der Waals surface area contributed by atoms with Crippen LogP contribution in [0.4, 0.5) is 0 Å². The summed E-state index contributed by atoms with van der Waals surface area (Å²) < 4.78 is 0. The Hall–Kier alpha value is -0.780. The van der Waals surface area contributed by atoms with Crippen LogP contribution in [-0.2, 0) is 5.41 Å². The predicted molar refractivity (Wildman–Crippen MR) is 54.2 cm³/mol. The highest BCUT2D eigenvalue weighted by Gasteiger charge is 2.15. The minimum atomic E-state index is 0.253. The Labute approximate surface area is 75.6 Å². The van der Waals surface area contributed by atoms with Crippen LogP contribution < -0.4 is 0 Å². The van der Waals surface area contributed by atoms with E-state index >= 15 is 0 Å². The Morgan fingerprint density at radius 3 is 2.08 bits per heavy atom. The molecule has 1 rings (SSSR count). The maximum Gasteiger partial charge on any atom is -0.0121 e. The lowest BCUT2D eigenvalue weighted by atomic mass is 9.83. The highest BCUT2D eigenvalue weighted by molar-refractivity contribution is 5.36. The van der Waals surface area contributed by atoms with Gasteiger partial charge in [0.05, 0.1) is 0 Å². The van der Waals surface area contributed by atoms with E-state index in [1.165, 1.54) is 11.1 Å². The number of rotatable bonds is 1. The van der Waals surface area contributed by atoms with Gasteiger partial charge in [-0.3, -0.25) is 0 Å². The van der Waals surface area contributed by atoms with Crippen LogP contribution in [-0.4, -0.2) is 0 Å². The van der Waals surface area contributed by atoms with Crippen molar-refractivity contribution in [2.45, 2.75) is 33.1 Å². The summed E-state index contributed by atoms with van der Waals surface area (Å²) >= 11 is 0. The molecule has 0 aliphatic heterocycles. The first-order chi connectivity index (χ1) is 5.55. The van der Waals surface area contributed by atoms with E-state index in [1.54, 1.807) is 0 Å². The molecule has 0 saturated carbocycles. The summed E-state index contributed by atoms with van der Waals surface area (Å²) in [4.78, 5) is 0. The van der Waals surface area contributed by atoms with Crippen molar-refractivity contribution < 1.29 is 0 Å². The largest absolute Gasteiger partial charge is 0.0620 e. The van der Waals surface area contributed by atoms with Crippen molar-refractivity contribution in [1.29, 1.82) is 0 Å². The summed E-state index contributed by atoms with van der Waals surface area (Å²) in [5, 5.41) is 0. The molecule has 0 unspecified atom stereocenters. The molecule has 0 fully saturated rings. The topological polar surface area (TPSA) is 0 Å². The van der Waals surface area contributed by atoms with Crippen molar-refractivity contribution >= 4 is 0 Å². The van der Waals surface area contributed by atoms with E-state index in [0.717, 1.165) is 0 Å². The smallest absolute Gasteiger partial charge is 0.0121 e. The molecule has 0 aliphatic carbocycles. The quantitative estimate of drug-likeness (QED) is 0.591. The maximum absolute atomic E-state index is 2.25. The van der Waals surface area contributed by atoms with E-state index in [-0.39, 0.29) is 5.41 Å². The molecule has 0 aliphatic rings. The monoisotopic (exact) mass is 161 g/mol. The van der Waals surface area contributed by atoms with E-state index in [9.17, 15) is 0 Å². The van der Waals surface area contributed by atoms with Gasteiger partial charge in [0.1, 0.15) is 0 Å². The molecule has 0 saturated heterocycles. The van der Waals surface area contributed by atoms with Gasteiger partial charge in [0.2, 0.25) is 0 Å². The van der Waals surface area contributed by atoms with Crippen molar-refractivity contribution in [2.24, 2.45) is 0 Å². The average Bonchev–Trinajstić information content (AvgIpc) is 2.03. The zero-order valence-corrected chi connectivity index (χ0v) is 8.39. The molecule has 0 N–H and O–H groups in total. The molecule has 0 heterocycles. The fraction of sp³-hybridized carbons (Fsp3) is 0.417. The van der Waals surface area contributed by atoms with Crippen LogP contribution in [0.2, 0.25) is 0 Å². The van der Waals surface area contributed by atoms with Gasteiger partial charge in [-0.05, 0) is 23.0 Å². The lowest BCUT2D eigenvalue weighted by Crippen LogP contribution is -2.13. The second kappa shape index (κ2) is 3.30. The predicted octanol–water partition coefficient (Wildman–Crippen LogP) is 3.56. The first-order valence-corrected chi connectivity index (χ1v) is 4.44. The molecule has 0 atom stereocenters. The summed E-state index contributed by atoms with van der Waals surface area (Å²) in [6, 6.07) is 8.56. The number of hydrogen-bond donors (Lipinski definition) is 0. The van der Waals surface area contributed by atoms with Crippen LogP contribution in [0, 0.1) is 6.42 Å². The molecule has 1 radical (unpaired) electrons. The van der Waals surface area contributed by atoms with E-state index in [1.807, 2.05) is 0 Å². The third-order valence-electron chi connectivity index (χ3n) is 2.08. The highest BCUT2D eigenvalue weighted by atomic mass is 14.2. The fourth-order valence-electron chi connectivity index (χ4n) is 1.43. The Bertz CT molecular complexity index is 253. The molecule has 0 spiro atoms. The molecule has 0 bridgehead atoms. The van der Waals surface area contributed by atoms with Gasteiger partial charge in [0, 0.05) is 0 Å². The van der Waals surface area contributed by atoms with Gasteiger partial charge in [-0.1, -0.05) is 52.0 Å². The molecule has 0 aromatic heterocycles. The van der Waals surface area contributed by atoms with E-state index < -0.39 is 0 Å². The summed E-state index contributed by atoms with van der Waals surface area (Å²) in [7, 11) is 0. The van der Waals surface area contributed by atoms with Gasteiger partial charge in [-0.15, -0.1) is 0 Å². The molecule has 65 valence electrons. The summed E-state index contributed by atoms with van der Waals surface area (Å²) in [5.74, 6) is 0. The number of benzene rings is 1. The Morgan fingerprint density at radius 2 is 1.67 bits per heavy atom. The SMILES string of the molecule is C[CH]c1ccccc1C(C)(C)C. The first kappa shape index (κ1) is 9.31. The third-order valence-corrected chi connectivity index (χ3v) is 2.08. The van der Waals surface area contributed by atoms with Crippen LogP contribution in [0.1, 0.15) is 38.8 Å². The number of hydrogen-bond acceptors (Lipinski definition) is 0. The lowest BCUT2D eigenvalue weighted by molar-refractivity contribution is 0.587. The van der Waals surface area contributed by atoms with Gasteiger partial charge in [0.25, 0.3) is 0 Å². The zero-order chi connectivity index (χ0) is 9.19. The summed E-state index contributed by atoms with van der Waals surface area (Å²) in [6.45, 7) is 8.82. The van der Waals surface area contributed by atoms with Crippen molar-refractivity contribution in [3.05, 3.63) is 41.8 Å². The van der Waals surface area contributed by atoms with Crippen molar-refractivity contribution in [3.63, 3.8) is 0 Å². The Balaban J connectivity index is 3.14. The molecule has 1 aromatic carbocycles. The van der Waals surface area contributed by atoms with Gasteiger partial charge < -0.3 is 0 Å². The summed E-state index contributed by atoms with van der Waals surface area (Å²) in [5.41, 5.74) is 3.03. The van der Waals surface area contributed by atoms with Gasteiger partial charge in [-0.25, -0.2) is 0 Å². The normalized spacial score (nSPS) is 11.7. The van der Waals surface area contributed by atoms with Crippen LogP contribution >= 0.6 is 0 Å². The third kappa shape index (κ3) is 1.88. The molecule has 12 heavy (non-hydrogen) atoms. The minimum Gasteiger partial charge on any atom is -0.0620 e. The Kier molecular flexibility index (Phi) is 2.56. The van der Waals surface area contributed by atoms with Crippen LogP contribution in [0.15, 0.2) is 24.3 Å². The summed E-state index contributed by atoms with van der Waals surface area (Å²) in [6.07, 6.45) is 2.17. The van der Waals surface area contributed by atoms with E-state index in [4.69, 9.17) is 0 Å².